The molecule has 0 aliphatic heterocycles. The Bertz CT molecular complexity index is 661. The van der Waals surface area contributed by atoms with Crippen LogP contribution in [0, 0.1) is 6.92 Å². The standard InChI is InChI=1S/C12H18N4O2S2/c1-3-13-6-10-7-14-16-12(10)20(17,18)15-8-11-9(2)4-5-19-11/h4-5,7,13,15H,3,6,8H2,1-2H3,(H,14,16). The van der Waals surface area contributed by atoms with Crippen LogP contribution in [0.2, 0.25) is 0 Å². The summed E-state index contributed by atoms with van der Waals surface area (Å²) in [6.45, 7) is 5.47. The molecule has 2 rings (SSSR count). The minimum Gasteiger partial charge on any atom is -0.313 e. The van der Waals surface area contributed by atoms with Crippen molar-refractivity contribution in [1.29, 1.82) is 0 Å². The van der Waals surface area contributed by atoms with Crippen molar-refractivity contribution < 1.29 is 8.42 Å². The highest BCUT2D eigenvalue weighted by molar-refractivity contribution is 7.89. The van der Waals surface area contributed by atoms with Crippen molar-refractivity contribution in [3.05, 3.63) is 33.6 Å². The molecule has 0 saturated heterocycles. The van der Waals surface area contributed by atoms with Crippen LogP contribution in [0.5, 0.6) is 0 Å². The molecular formula is C12H18N4O2S2. The van der Waals surface area contributed by atoms with Gasteiger partial charge in [-0.2, -0.15) is 5.10 Å². The Balaban J connectivity index is 2.10. The minimum absolute atomic E-state index is 0.132. The van der Waals surface area contributed by atoms with Gasteiger partial charge in [-0.1, -0.05) is 6.92 Å². The molecule has 0 spiro atoms. The average Bonchev–Trinajstić information content (AvgIpc) is 3.03. The fraction of sp³-hybridized carbons (Fsp3) is 0.417. The number of H-pyrrole nitrogens is 1. The van der Waals surface area contributed by atoms with E-state index in [-0.39, 0.29) is 5.03 Å². The maximum atomic E-state index is 12.3. The highest BCUT2D eigenvalue weighted by Gasteiger charge is 2.20. The normalized spacial score (nSPS) is 11.9. The van der Waals surface area contributed by atoms with E-state index < -0.39 is 10.0 Å². The third-order valence-electron chi connectivity index (χ3n) is 2.90. The summed E-state index contributed by atoms with van der Waals surface area (Å²) >= 11 is 1.54. The molecule has 0 fully saturated rings. The largest absolute Gasteiger partial charge is 0.313 e. The number of aromatic nitrogens is 2. The first-order valence-electron chi connectivity index (χ1n) is 6.30. The van der Waals surface area contributed by atoms with E-state index >= 15 is 0 Å². The van der Waals surface area contributed by atoms with Gasteiger partial charge in [-0.15, -0.1) is 11.3 Å². The molecule has 20 heavy (non-hydrogen) atoms. The van der Waals surface area contributed by atoms with E-state index in [0.29, 0.717) is 18.7 Å². The van der Waals surface area contributed by atoms with E-state index in [0.717, 1.165) is 17.0 Å². The number of aryl methyl sites for hydroxylation is 1. The topological polar surface area (TPSA) is 86.9 Å². The van der Waals surface area contributed by atoms with Gasteiger partial charge < -0.3 is 5.32 Å². The first-order valence-corrected chi connectivity index (χ1v) is 8.66. The van der Waals surface area contributed by atoms with E-state index in [1.807, 2.05) is 25.3 Å². The van der Waals surface area contributed by atoms with E-state index in [4.69, 9.17) is 0 Å². The van der Waals surface area contributed by atoms with Crippen molar-refractivity contribution in [1.82, 2.24) is 20.2 Å². The predicted octanol–water partition coefficient (Wildman–Crippen LogP) is 1.37. The lowest BCUT2D eigenvalue weighted by Gasteiger charge is -2.07. The molecule has 0 radical (unpaired) electrons. The van der Waals surface area contributed by atoms with Crippen LogP contribution in [0.3, 0.4) is 0 Å². The first-order chi connectivity index (χ1) is 9.54. The Morgan fingerprint density at radius 2 is 2.20 bits per heavy atom. The van der Waals surface area contributed by atoms with E-state index in [1.165, 1.54) is 6.20 Å². The van der Waals surface area contributed by atoms with Crippen molar-refractivity contribution >= 4 is 21.4 Å². The summed E-state index contributed by atoms with van der Waals surface area (Å²) in [4.78, 5) is 1.02. The van der Waals surface area contributed by atoms with Crippen LogP contribution in [-0.2, 0) is 23.1 Å². The highest BCUT2D eigenvalue weighted by atomic mass is 32.2. The van der Waals surface area contributed by atoms with Gasteiger partial charge in [0.2, 0.25) is 0 Å². The molecule has 2 aromatic rings. The van der Waals surface area contributed by atoms with Gasteiger partial charge in [0.05, 0.1) is 6.20 Å². The zero-order valence-electron chi connectivity index (χ0n) is 11.4. The minimum atomic E-state index is -3.57. The van der Waals surface area contributed by atoms with Crippen LogP contribution in [0.15, 0.2) is 22.7 Å². The zero-order valence-corrected chi connectivity index (χ0v) is 13.1. The van der Waals surface area contributed by atoms with Crippen molar-refractivity contribution in [2.75, 3.05) is 6.54 Å². The summed E-state index contributed by atoms with van der Waals surface area (Å²) in [7, 11) is -3.57. The summed E-state index contributed by atoms with van der Waals surface area (Å²) < 4.78 is 27.2. The Hall–Kier alpha value is -1.22. The maximum absolute atomic E-state index is 12.3. The summed E-state index contributed by atoms with van der Waals surface area (Å²) in [6.07, 6.45) is 1.54. The highest BCUT2D eigenvalue weighted by Crippen LogP contribution is 2.17. The molecule has 0 unspecified atom stereocenters. The molecule has 2 heterocycles. The van der Waals surface area contributed by atoms with Crippen molar-refractivity contribution in [3.8, 4) is 0 Å². The van der Waals surface area contributed by atoms with Gasteiger partial charge >= 0.3 is 0 Å². The predicted molar refractivity (Wildman–Crippen MR) is 79.0 cm³/mol. The molecule has 0 aliphatic rings. The number of aromatic amines is 1. The molecule has 8 heteroatoms. The van der Waals surface area contributed by atoms with Crippen LogP contribution in [-0.4, -0.2) is 25.2 Å². The number of hydrogen-bond acceptors (Lipinski definition) is 5. The third kappa shape index (κ3) is 3.45. The monoisotopic (exact) mass is 314 g/mol. The molecule has 2 aromatic heterocycles. The Morgan fingerprint density at radius 3 is 2.85 bits per heavy atom. The Labute approximate surface area is 122 Å². The van der Waals surface area contributed by atoms with Crippen LogP contribution >= 0.6 is 11.3 Å². The quantitative estimate of drug-likeness (QED) is 0.720. The van der Waals surface area contributed by atoms with Gasteiger partial charge in [-0.3, -0.25) is 5.10 Å². The SMILES string of the molecule is CCNCc1cn[nH]c1S(=O)(=O)NCc1sccc1C. The van der Waals surface area contributed by atoms with E-state index in [9.17, 15) is 8.42 Å². The summed E-state index contributed by atoms with van der Waals surface area (Å²) in [5.41, 5.74) is 1.73. The number of rotatable bonds is 7. The Kier molecular flexibility index (Phi) is 4.92. The second-order valence-electron chi connectivity index (χ2n) is 4.36. The summed E-state index contributed by atoms with van der Waals surface area (Å²) in [5.74, 6) is 0. The lowest BCUT2D eigenvalue weighted by atomic mass is 10.3. The molecule has 0 saturated carbocycles. The van der Waals surface area contributed by atoms with Crippen LogP contribution in [0.4, 0.5) is 0 Å². The van der Waals surface area contributed by atoms with Crippen molar-refractivity contribution in [2.45, 2.75) is 32.0 Å². The average molecular weight is 314 g/mol. The van der Waals surface area contributed by atoms with E-state index in [1.54, 1.807) is 11.3 Å². The molecule has 0 bridgehead atoms. The number of nitrogens with zero attached hydrogens (tertiary/aromatic N) is 1. The zero-order chi connectivity index (χ0) is 14.6. The first kappa shape index (κ1) is 15.2. The number of hydrogen-bond donors (Lipinski definition) is 3. The fourth-order valence-electron chi connectivity index (χ4n) is 1.74. The summed E-state index contributed by atoms with van der Waals surface area (Å²) in [6, 6.07) is 1.97. The van der Waals surface area contributed by atoms with Gasteiger partial charge in [-0.25, -0.2) is 13.1 Å². The van der Waals surface area contributed by atoms with Crippen LogP contribution in [0.1, 0.15) is 22.9 Å². The molecule has 0 atom stereocenters. The second-order valence-corrected chi connectivity index (χ2v) is 7.06. The third-order valence-corrected chi connectivity index (χ3v) is 5.34. The molecule has 0 aromatic carbocycles. The van der Waals surface area contributed by atoms with Crippen molar-refractivity contribution in [2.24, 2.45) is 0 Å². The lowest BCUT2D eigenvalue weighted by molar-refractivity contribution is 0.574. The molecule has 0 amide bonds. The molecular weight excluding hydrogens is 296 g/mol. The van der Waals surface area contributed by atoms with Gasteiger partial charge in [-0.05, 0) is 30.5 Å². The molecule has 110 valence electrons. The summed E-state index contributed by atoms with van der Waals surface area (Å²) in [5, 5.41) is 11.6. The number of nitrogens with one attached hydrogen (secondary N) is 3. The van der Waals surface area contributed by atoms with Gasteiger partial charge in [0.25, 0.3) is 10.0 Å². The van der Waals surface area contributed by atoms with Gasteiger partial charge in [0.15, 0.2) is 5.03 Å². The molecule has 6 nitrogen and oxygen atoms in total. The molecule has 0 aliphatic carbocycles. The van der Waals surface area contributed by atoms with Crippen molar-refractivity contribution in [3.63, 3.8) is 0 Å². The molecule has 3 N–H and O–H groups in total. The number of thiophene rings is 1. The fourth-order valence-corrected chi connectivity index (χ4v) is 3.79. The van der Waals surface area contributed by atoms with Crippen LogP contribution < -0.4 is 10.0 Å². The van der Waals surface area contributed by atoms with Gasteiger partial charge in [0, 0.05) is 23.5 Å². The van der Waals surface area contributed by atoms with Gasteiger partial charge in [0.1, 0.15) is 0 Å². The lowest BCUT2D eigenvalue weighted by Crippen LogP contribution is -2.25. The van der Waals surface area contributed by atoms with E-state index in [2.05, 4.69) is 20.2 Å². The van der Waals surface area contributed by atoms with Crippen LogP contribution in [0.25, 0.3) is 0 Å². The smallest absolute Gasteiger partial charge is 0.258 e. The Morgan fingerprint density at radius 1 is 1.40 bits per heavy atom. The maximum Gasteiger partial charge on any atom is 0.258 e. The second kappa shape index (κ2) is 6.49. The number of sulfonamides is 1.